The second kappa shape index (κ2) is 6.76. The van der Waals surface area contributed by atoms with Gasteiger partial charge in [-0.15, -0.1) is 11.3 Å². The van der Waals surface area contributed by atoms with Gasteiger partial charge in [-0.1, -0.05) is 0 Å². The van der Waals surface area contributed by atoms with Crippen LogP contribution >= 0.6 is 11.3 Å². The smallest absolute Gasteiger partial charge is 0.266 e. The molecule has 26 heavy (non-hydrogen) atoms. The van der Waals surface area contributed by atoms with Crippen molar-refractivity contribution in [2.75, 3.05) is 10.6 Å². The van der Waals surface area contributed by atoms with Crippen LogP contribution in [-0.2, 0) is 4.79 Å². The molecule has 0 saturated heterocycles. The van der Waals surface area contributed by atoms with E-state index in [1.54, 1.807) is 6.20 Å². The Balaban J connectivity index is 1.44. The normalized spacial score (nSPS) is 13.4. The summed E-state index contributed by atoms with van der Waals surface area (Å²) in [5, 5.41) is 6.49. The van der Waals surface area contributed by atoms with Crippen LogP contribution in [0.5, 0.6) is 0 Å². The Labute approximate surface area is 154 Å². The Morgan fingerprint density at radius 3 is 2.62 bits per heavy atom. The number of hydrogen-bond donors (Lipinski definition) is 2. The van der Waals surface area contributed by atoms with Gasteiger partial charge in [0, 0.05) is 17.2 Å². The zero-order valence-corrected chi connectivity index (χ0v) is 14.9. The van der Waals surface area contributed by atoms with Crippen molar-refractivity contribution >= 4 is 33.8 Å². The summed E-state index contributed by atoms with van der Waals surface area (Å²) in [6.07, 6.45) is 4.92. The Bertz CT molecular complexity index is 941. The van der Waals surface area contributed by atoms with Crippen LogP contribution in [0.3, 0.4) is 0 Å². The predicted molar refractivity (Wildman–Crippen MR) is 100 cm³/mol. The van der Waals surface area contributed by atoms with Crippen LogP contribution in [0, 0.1) is 12.8 Å². The number of nitrogens with zero attached hydrogens (tertiary/aromatic N) is 1. The number of nitrogens with one attached hydrogen (secondary N) is 2. The zero-order chi connectivity index (χ0) is 18.1. The number of oxazole rings is 1. The SMILES string of the molecule is Cc1cc(NC(=O)C2CC2)sc1C(=O)Nc1ccc(-c2cnco2)cc1. The molecule has 1 aliphatic carbocycles. The molecule has 0 atom stereocenters. The average Bonchev–Trinajstić information content (AvgIpc) is 3.22. The quantitative estimate of drug-likeness (QED) is 0.704. The van der Waals surface area contributed by atoms with E-state index in [-0.39, 0.29) is 17.7 Å². The second-order valence-electron chi connectivity index (χ2n) is 6.28. The van der Waals surface area contributed by atoms with Crippen LogP contribution in [0.25, 0.3) is 11.3 Å². The number of carbonyl (C=O) groups is 2. The largest absolute Gasteiger partial charge is 0.444 e. The van der Waals surface area contributed by atoms with E-state index in [4.69, 9.17) is 4.42 Å². The summed E-state index contributed by atoms with van der Waals surface area (Å²) >= 11 is 1.29. The van der Waals surface area contributed by atoms with Crippen LogP contribution in [0.4, 0.5) is 10.7 Å². The van der Waals surface area contributed by atoms with Crippen molar-refractivity contribution in [2.45, 2.75) is 19.8 Å². The monoisotopic (exact) mass is 367 g/mol. The number of aromatic nitrogens is 1. The van der Waals surface area contributed by atoms with Crippen molar-refractivity contribution in [1.82, 2.24) is 4.98 Å². The number of anilines is 2. The van der Waals surface area contributed by atoms with Crippen molar-refractivity contribution in [1.29, 1.82) is 0 Å². The molecule has 2 N–H and O–H groups in total. The molecule has 1 aromatic carbocycles. The van der Waals surface area contributed by atoms with Gasteiger partial charge in [0.2, 0.25) is 5.91 Å². The molecule has 132 valence electrons. The fourth-order valence-electron chi connectivity index (χ4n) is 2.60. The van der Waals surface area contributed by atoms with Crippen LogP contribution in [-0.4, -0.2) is 16.8 Å². The van der Waals surface area contributed by atoms with Gasteiger partial charge in [-0.3, -0.25) is 9.59 Å². The molecule has 4 rings (SSSR count). The fourth-order valence-corrected chi connectivity index (χ4v) is 3.57. The van der Waals surface area contributed by atoms with E-state index in [9.17, 15) is 9.59 Å². The maximum atomic E-state index is 12.6. The number of thiophene rings is 1. The van der Waals surface area contributed by atoms with Gasteiger partial charge in [-0.05, 0) is 55.7 Å². The number of amides is 2. The molecule has 1 fully saturated rings. The molecular weight excluding hydrogens is 350 g/mol. The van der Waals surface area contributed by atoms with Crippen molar-refractivity contribution in [3.63, 3.8) is 0 Å². The van der Waals surface area contributed by atoms with E-state index >= 15 is 0 Å². The van der Waals surface area contributed by atoms with E-state index in [0.717, 1.165) is 24.0 Å². The van der Waals surface area contributed by atoms with E-state index in [1.165, 1.54) is 17.7 Å². The molecule has 3 aromatic rings. The molecule has 2 amide bonds. The topological polar surface area (TPSA) is 84.2 Å². The Morgan fingerprint density at radius 2 is 1.96 bits per heavy atom. The lowest BCUT2D eigenvalue weighted by Gasteiger charge is -2.05. The number of hydrogen-bond acceptors (Lipinski definition) is 5. The molecule has 6 nitrogen and oxygen atoms in total. The van der Waals surface area contributed by atoms with E-state index in [0.29, 0.717) is 21.3 Å². The summed E-state index contributed by atoms with van der Waals surface area (Å²) in [4.78, 5) is 28.9. The van der Waals surface area contributed by atoms with E-state index in [2.05, 4.69) is 15.6 Å². The third-order valence-electron chi connectivity index (χ3n) is 4.18. The average molecular weight is 367 g/mol. The van der Waals surface area contributed by atoms with Crippen LogP contribution in [0.1, 0.15) is 28.1 Å². The van der Waals surface area contributed by atoms with Gasteiger partial charge < -0.3 is 15.1 Å². The molecule has 1 saturated carbocycles. The highest BCUT2D eigenvalue weighted by Gasteiger charge is 2.30. The van der Waals surface area contributed by atoms with Gasteiger partial charge in [0.25, 0.3) is 5.91 Å². The molecule has 2 heterocycles. The summed E-state index contributed by atoms with van der Waals surface area (Å²) in [5.74, 6) is 0.665. The minimum atomic E-state index is -0.188. The Morgan fingerprint density at radius 1 is 1.19 bits per heavy atom. The summed E-state index contributed by atoms with van der Waals surface area (Å²) in [7, 11) is 0. The number of rotatable bonds is 5. The Kier molecular flexibility index (Phi) is 4.30. The molecule has 0 aliphatic heterocycles. The minimum Gasteiger partial charge on any atom is -0.444 e. The first-order chi connectivity index (χ1) is 12.6. The van der Waals surface area contributed by atoms with Crippen molar-refractivity contribution < 1.29 is 14.0 Å². The van der Waals surface area contributed by atoms with Gasteiger partial charge in [-0.25, -0.2) is 4.98 Å². The highest BCUT2D eigenvalue weighted by molar-refractivity contribution is 7.18. The van der Waals surface area contributed by atoms with Gasteiger partial charge in [0.1, 0.15) is 0 Å². The second-order valence-corrected chi connectivity index (χ2v) is 7.34. The highest BCUT2D eigenvalue weighted by atomic mass is 32.1. The lowest BCUT2D eigenvalue weighted by atomic mass is 10.1. The summed E-state index contributed by atoms with van der Waals surface area (Å²) < 4.78 is 5.25. The predicted octanol–water partition coefficient (Wildman–Crippen LogP) is 4.31. The van der Waals surface area contributed by atoms with E-state index in [1.807, 2.05) is 37.3 Å². The molecule has 0 spiro atoms. The van der Waals surface area contributed by atoms with E-state index < -0.39 is 0 Å². The summed E-state index contributed by atoms with van der Waals surface area (Å²) in [6, 6.07) is 9.19. The van der Waals surface area contributed by atoms with Crippen molar-refractivity contribution in [2.24, 2.45) is 5.92 Å². The standard InChI is InChI=1S/C19H17N3O3S/c1-11-8-16(22-18(23)13-2-3-13)26-17(11)19(24)21-14-6-4-12(5-7-14)15-9-20-10-25-15/h4-10,13H,2-3H2,1H3,(H,21,24)(H,22,23). The van der Waals surface area contributed by atoms with Gasteiger partial charge in [-0.2, -0.15) is 0 Å². The van der Waals surface area contributed by atoms with Crippen LogP contribution in [0.15, 0.2) is 47.3 Å². The maximum Gasteiger partial charge on any atom is 0.266 e. The third kappa shape index (κ3) is 3.52. The van der Waals surface area contributed by atoms with Gasteiger partial charge in [0.05, 0.1) is 16.1 Å². The summed E-state index contributed by atoms with van der Waals surface area (Å²) in [5.41, 5.74) is 2.42. The summed E-state index contributed by atoms with van der Waals surface area (Å²) in [6.45, 7) is 1.87. The fraction of sp³-hybridized carbons (Fsp3) is 0.211. The lowest BCUT2D eigenvalue weighted by Crippen LogP contribution is -2.12. The Hall–Kier alpha value is -2.93. The molecule has 0 bridgehead atoms. The molecule has 0 unspecified atom stereocenters. The third-order valence-corrected chi connectivity index (χ3v) is 5.33. The first kappa shape index (κ1) is 16.5. The van der Waals surface area contributed by atoms with Gasteiger partial charge in [0.15, 0.2) is 12.2 Å². The molecule has 2 aromatic heterocycles. The molecule has 0 radical (unpaired) electrons. The zero-order valence-electron chi connectivity index (χ0n) is 14.1. The number of carbonyl (C=O) groups excluding carboxylic acids is 2. The number of aryl methyl sites for hydroxylation is 1. The lowest BCUT2D eigenvalue weighted by molar-refractivity contribution is -0.117. The molecular formula is C19H17N3O3S. The van der Waals surface area contributed by atoms with Crippen LogP contribution in [0.2, 0.25) is 0 Å². The maximum absolute atomic E-state index is 12.6. The minimum absolute atomic E-state index is 0.0428. The van der Waals surface area contributed by atoms with Crippen molar-refractivity contribution in [3.05, 3.63) is 53.4 Å². The highest BCUT2D eigenvalue weighted by Crippen LogP contribution is 2.33. The molecule has 1 aliphatic rings. The molecule has 7 heteroatoms. The van der Waals surface area contributed by atoms with Crippen molar-refractivity contribution in [3.8, 4) is 11.3 Å². The number of benzene rings is 1. The van der Waals surface area contributed by atoms with Gasteiger partial charge >= 0.3 is 0 Å². The van der Waals surface area contributed by atoms with Crippen LogP contribution < -0.4 is 10.6 Å². The first-order valence-electron chi connectivity index (χ1n) is 8.32. The first-order valence-corrected chi connectivity index (χ1v) is 9.13.